The molecule has 0 spiro atoms. The molecule has 1 aromatic heterocycles. The van der Waals surface area contributed by atoms with Crippen LogP contribution in [0.25, 0.3) is 0 Å². The lowest BCUT2D eigenvalue weighted by atomic mass is 10.1. The third-order valence-corrected chi connectivity index (χ3v) is 3.85. The van der Waals surface area contributed by atoms with Crippen LogP contribution in [-0.4, -0.2) is 25.8 Å². The third kappa shape index (κ3) is 2.91. The average Bonchev–Trinajstić information content (AvgIpc) is 2.75. The molecule has 0 aliphatic carbocycles. The van der Waals surface area contributed by atoms with Gasteiger partial charge in [0.05, 0.1) is 5.25 Å². The van der Waals surface area contributed by atoms with Crippen LogP contribution in [0.1, 0.15) is 17.3 Å². The molecule has 6 heteroatoms. The normalized spacial score (nSPS) is 12.4. The Bertz CT molecular complexity index is 553. The first-order valence-corrected chi connectivity index (χ1v) is 6.64. The fourth-order valence-electron chi connectivity index (χ4n) is 1.45. The Labute approximate surface area is 114 Å². The molecule has 1 unspecified atom stereocenters. The van der Waals surface area contributed by atoms with Gasteiger partial charge in [-0.15, -0.1) is 0 Å². The molecule has 0 bridgehead atoms. The standard InChI is InChI=1S/C12H12ClN3OS/c1-8(18-12-14-7-15-16(12)2)11(17)9-3-5-10(13)6-4-9/h3-8H,1-2H3. The van der Waals surface area contributed by atoms with Gasteiger partial charge in [0.2, 0.25) is 0 Å². The van der Waals surface area contributed by atoms with Crippen LogP contribution >= 0.6 is 23.4 Å². The maximum absolute atomic E-state index is 12.2. The van der Waals surface area contributed by atoms with E-state index in [1.807, 2.05) is 6.92 Å². The molecule has 0 radical (unpaired) electrons. The predicted octanol–water partition coefficient (Wildman–Crippen LogP) is 2.83. The monoisotopic (exact) mass is 281 g/mol. The fourth-order valence-corrected chi connectivity index (χ4v) is 2.45. The maximum atomic E-state index is 12.2. The van der Waals surface area contributed by atoms with E-state index in [4.69, 9.17) is 11.6 Å². The molecule has 0 aliphatic heterocycles. The van der Waals surface area contributed by atoms with Crippen LogP contribution in [0.3, 0.4) is 0 Å². The first kappa shape index (κ1) is 13.1. The van der Waals surface area contributed by atoms with E-state index in [1.165, 1.54) is 18.1 Å². The number of hydrogen-bond acceptors (Lipinski definition) is 4. The fraction of sp³-hybridized carbons (Fsp3) is 0.250. The molecule has 0 aliphatic rings. The number of nitrogens with zero attached hydrogens (tertiary/aromatic N) is 3. The molecular weight excluding hydrogens is 270 g/mol. The third-order valence-electron chi connectivity index (χ3n) is 2.45. The van der Waals surface area contributed by atoms with Gasteiger partial charge < -0.3 is 0 Å². The minimum atomic E-state index is -0.214. The lowest BCUT2D eigenvalue weighted by Gasteiger charge is -2.09. The van der Waals surface area contributed by atoms with Crippen LogP contribution in [0.15, 0.2) is 35.7 Å². The van der Waals surface area contributed by atoms with Crippen molar-refractivity contribution in [3.05, 3.63) is 41.2 Å². The first-order valence-electron chi connectivity index (χ1n) is 5.38. The van der Waals surface area contributed by atoms with E-state index in [-0.39, 0.29) is 11.0 Å². The molecule has 18 heavy (non-hydrogen) atoms. The van der Waals surface area contributed by atoms with Crippen molar-refractivity contribution in [3.8, 4) is 0 Å². The van der Waals surface area contributed by atoms with Crippen molar-refractivity contribution in [3.63, 3.8) is 0 Å². The van der Waals surface area contributed by atoms with E-state index in [2.05, 4.69) is 10.1 Å². The summed E-state index contributed by atoms with van der Waals surface area (Å²) < 4.78 is 1.65. The summed E-state index contributed by atoms with van der Waals surface area (Å²) in [6.45, 7) is 1.86. The summed E-state index contributed by atoms with van der Waals surface area (Å²) in [7, 11) is 1.80. The predicted molar refractivity (Wildman–Crippen MR) is 72.1 cm³/mol. The van der Waals surface area contributed by atoms with Crippen LogP contribution in [-0.2, 0) is 7.05 Å². The Hall–Kier alpha value is -1.33. The second kappa shape index (κ2) is 5.54. The Kier molecular flexibility index (Phi) is 4.04. The average molecular weight is 282 g/mol. The molecule has 1 aromatic carbocycles. The quantitative estimate of drug-likeness (QED) is 0.639. The van der Waals surface area contributed by atoms with E-state index >= 15 is 0 Å². The molecule has 0 amide bonds. The van der Waals surface area contributed by atoms with Gasteiger partial charge in [-0.3, -0.25) is 4.79 Å². The number of halogens is 1. The van der Waals surface area contributed by atoms with Gasteiger partial charge in [-0.25, -0.2) is 9.67 Å². The van der Waals surface area contributed by atoms with Crippen molar-refractivity contribution in [2.75, 3.05) is 0 Å². The zero-order chi connectivity index (χ0) is 13.1. The van der Waals surface area contributed by atoms with Crippen molar-refractivity contribution in [2.45, 2.75) is 17.3 Å². The van der Waals surface area contributed by atoms with Gasteiger partial charge in [0.1, 0.15) is 6.33 Å². The van der Waals surface area contributed by atoms with Crippen molar-refractivity contribution < 1.29 is 4.79 Å². The van der Waals surface area contributed by atoms with Gasteiger partial charge in [0.15, 0.2) is 10.9 Å². The summed E-state index contributed by atoms with van der Waals surface area (Å²) in [5, 5.41) is 5.11. The molecule has 0 saturated carbocycles. The summed E-state index contributed by atoms with van der Waals surface area (Å²) >= 11 is 7.18. The number of benzene rings is 1. The van der Waals surface area contributed by atoms with Crippen LogP contribution in [0.5, 0.6) is 0 Å². The van der Waals surface area contributed by atoms with Crippen LogP contribution in [0, 0.1) is 0 Å². The smallest absolute Gasteiger partial charge is 0.186 e. The van der Waals surface area contributed by atoms with Gasteiger partial charge in [-0.1, -0.05) is 23.4 Å². The highest BCUT2D eigenvalue weighted by Crippen LogP contribution is 2.23. The molecular formula is C12H12ClN3OS. The number of carbonyl (C=O) groups excluding carboxylic acids is 1. The Morgan fingerprint density at radius 1 is 1.39 bits per heavy atom. The molecule has 0 N–H and O–H groups in total. The van der Waals surface area contributed by atoms with E-state index < -0.39 is 0 Å². The zero-order valence-electron chi connectivity index (χ0n) is 10.0. The van der Waals surface area contributed by atoms with Crippen molar-refractivity contribution in [1.29, 1.82) is 0 Å². The van der Waals surface area contributed by atoms with E-state index in [9.17, 15) is 4.79 Å². The number of rotatable bonds is 4. The molecule has 1 heterocycles. The minimum Gasteiger partial charge on any atom is -0.293 e. The van der Waals surface area contributed by atoms with Crippen LogP contribution in [0.2, 0.25) is 5.02 Å². The summed E-state index contributed by atoms with van der Waals surface area (Å²) in [5.74, 6) is 0.0552. The molecule has 1 atom stereocenters. The summed E-state index contributed by atoms with van der Waals surface area (Å²) in [6.07, 6.45) is 1.47. The highest BCUT2D eigenvalue weighted by molar-refractivity contribution is 8.00. The lowest BCUT2D eigenvalue weighted by Crippen LogP contribution is -2.14. The highest BCUT2D eigenvalue weighted by atomic mass is 35.5. The van der Waals surface area contributed by atoms with Crippen molar-refractivity contribution in [1.82, 2.24) is 14.8 Å². The number of Topliss-reactive ketones (excluding diaryl/α,β-unsaturated/α-hetero) is 1. The Morgan fingerprint density at radius 2 is 2.06 bits per heavy atom. The van der Waals surface area contributed by atoms with Gasteiger partial charge in [-0.05, 0) is 31.2 Å². The van der Waals surface area contributed by atoms with E-state index in [0.717, 1.165) is 5.16 Å². The maximum Gasteiger partial charge on any atom is 0.186 e. The molecule has 0 fully saturated rings. The van der Waals surface area contributed by atoms with Gasteiger partial charge in [0, 0.05) is 17.6 Å². The number of ketones is 1. The van der Waals surface area contributed by atoms with Gasteiger partial charge in [-0.2, -0.15) is 5.10 Å². The van der Waals surface area contributed by atoms with Crippen molar-refractivity contribution >= 4 is 29.1 Å². The second-order valence-electron chi connectivity index (χ2n) is 3.80. The van der Waals surface area contributed by atoms with Gasteiger partial charge in [0.25, 0.3) is 0 Å². The molecule has 94 valence electrons. The number of carbonyl (C=O) groups is 1. The highest BCUT2D eigenvalue weighted by Gasteiger charge is 2.18. The molecule has 4 nitrogen and oxygen atoms in total. The molecule has 2 rings (SSSR count). The Morgan fingerprint density at radius 3 is 2.61 bits per heavy atom. The number of hydrogen-bond donors (Lipinski definition) is 0. The topological polar surface area (TPSA) is 47.8 Å². The summed E-state index contributed by atoms with van der Waals surface area (Å²) in [5.41, 5.74) is 0.654. The number of thioether (sulfide) groups is 1. The van der Waals surface area contributed by atoms with E-state index in [0.29, 0.717) is 10.6 Å². The SMILES string of the molecule is CC(Sc1ncnn1C)C(=O)c1ccc(Cl)cc1. The van der Waals surface area contributed by atoms with E-state index in [1.54, 1.807) is 36.0 Å². The number of aryl methyl sites for hydroxylation is 1. The number of aromatic nitrogens is 3. The minimum absolute atomic E-state index is 0.0552. The summed E-state index contributed by atoms with van der Waals surface area (Å²) in [4.78, 5) is 16.3. The molecule has 0 saturated heterocycles. The van der Waals surface area contributed by atoms with Crippen LogP contribution < -0.4 is 0 Å². The second-order valence-corrected chi connectivity index (χ2v) is 5.54. The largest absolute Gasteiger partial charge is 0.293 e. The zero-order valence-corrected chi connectivity index (χ0v) is 11.6. The Balaban J connectivity index is 2.09. The van der Waals surface area contributed by atoms with Crippen molar-refractivity contribution in [2.24, 2.45) is 7.05 Å². The lowest BCUT2D eigenvalue weighted by molar-refractivity contribution is 0.0994. The van der Waals surface area contributed by atoms with Gasteiger partial charge >= 0.3 is 0 Å². The summed E-state index contributed by atoms with van der Waals surface area (Å²) in [6, 6.07) is 6.90. The first-order chi connectivity index (χ1) is 8.58. The molecule has 2 aromatic rings. The van der Waals surface area contributed by atoms with Crippen LogP contribution in [0.4, 0.5) is 0 Å².